The third kappa shape index (κ3) is 12.0. The Kier molecular flexibility index (Phi) is 16.8. The van der Waals surface area contributed by atoms with Crippen LogP contribution in [0.15, 0.2) is 35.9 Å². The zero-order valence-electron chi connectivity index (χ0n) is 39.6. The van der Waals surface area contributed by atoms with Gasteiger partial charge in [-0.25, -0.2) is 15.4 Å². The lowest BCUT2D eigenvalue weighted by Gasteiger charge is -2.42. The summed E-state index contributed by atoms with van der Waals surface area (Å²) in [5, 5.41) is 14.0. The minimum atomic E-state index is -1.85. The van der Waals surface area contributed by atoms with E-state index in [-0.39, 0.29) is 60.4 Å². The van der Waals surface area contributed by atoms with Gasteiger partial charge < -0.3 is 38.4 Å². The maximum Gasteiger partial charge on any atom is 0.409 e. The second-order valence-electron chi connectivity index (χ2n) is 19.0. The number of aliphatic hydroxyl groups is 1. The van der Waals surface area contributed by atoms with Crippen molar-refractivity contribution < 1.29 is 62.3 Å². The first kappa shape index (κ1) is 52.1. The van der Waals surface area contributed by atoms with Gasteiger partial charge in [0.2, 0.25) is 23.6 Å². The Hall–Kier alpha value is -4.24. The molecule has 4 aliphatic heterocycles. The maximum atomic E-state index is 14.3. The summed E-state index contributed by atoms with van der Waals surface area (Å²) in [6, 6.07) is 3.58. The van der Waals surface area contributed by atoms with Crippen molar-refractivity contribution in [2.75, 3.05) is 45.1 Å². The molecule has 370 valence electrons. The van der Waals surface area contributed by atoms with E-state index in [1.165, 1.54) is 35.8 Å². The molecule has 4 fully saturated rings. The first-order chi connectivity index (χ1) is 31.6. The van der Waals surface area contributed by atoms with Gasteiger partial charge in [0.05, 0.1) is 30.6 Å². The van der Waals surface area contributed by atoms with E-state index in [1.54, 1.807) is 59.0 Å². The van der Waals surface area contributed by atoms with E-state index < -0.39 is 70.5 Å². The average molecular weight is 977 g/mol. The van der Waals surface area contributed by atoms with Crippen molar-refractivity contribution in [3.63, 3.8) is 0 Å². The second-order valence-corrected chi connectivity index (χ2v) is 20.7. The Morgan fingerprint density at radius 1 is 1.10 bits per heavy atom. The number of epoxide rings is 1. The van der Waals surface area contributed by atoms with Gasteiger partial charge in [-0.2, -0.15) is 0 Å². The number of nitrogens with zero attached hydrogens (tertiary/aromatic N) is 2. The van der Waals surface area contributed by atoms with E-state index in [0.717, 1.165) is 24.0 Å². The third-order valence-corrected chi connectivity index (χ3v) is 15.4. The summed E-state index contributed by atoms with van der Waals surface area (Å²) in [7, 11) is 4.49. The molecule has 1 aromatic carbocycles. The van der Waals surface area contributed by atoms with Gasteiger partial charge in [0.1, 0.15) is 34.7 Å². The maximum absolute atomic E-state index is 14.3. The van der Waals surface area contributed by atoms with Gasteiger partial charge in [0, 0.05) is 52.0 Å². The number of fused-ring (bicyclic) bond motifs is 5. The van der Waals surface area contributed by atoms with Gasteiger partial charge in [-0.15, -0.1) is 11.8 Å². The predicted molar refractivity (Wildman–Crippen MR) is 249 cm³/mol. The van der Waals surface area contributed by atoms with Crippen molar-refractivity contribution in [1.82, 2.24) is 15.6 Å². The van der Waals surface area contributed by atoms with Crippen LogP contribution in [0, 0.1) is 17.8 Å². The molecule has 5 aliphatic rings. The number of halogens is 1. The lowest BCUT2D eigenvalue weighted by atomic mass is 9.81. The number of alkyl carbamates (subject to hydrolysis) is 1. The molecular formula is C47H66ClN5O13S. The molecule has 67 heavy (non-hydrogen) atoms. The fourth-order valence-electron chi connectivity index (χ4n) is 9.51. The number of hydrogen-bond acceptors (Lipinski definition) is 15. The van der Waals surface area contributed by atoms with Crippen LogP contribution in [0.5, 0.6) is 5.75 Å². The number of imide groups is 1. The summed E-state index contributed by atoms with van der Waals surface area (Å²) in [5.74, 6) is 3.75. The molecule has 18 nitrogen and oxygen atoms in total. The number of ether oxygens (including phenoxy) is 6. The van der Waals surface area contributed by atoms with Crippen LogP contribution in [-0.2, 0) is 54.1 Å². The fourth-order valence-corrected chi connectivity index (χ4v) is 10.9. The Balaban J connectivity index is 1.13. The SMILES string of the molecule is COc1cc2cc(c1Cl)N(C)C(=O)C[C@H](OC(=O)C(C)(C)OCCCSC1CC(=O)N(C[C@H]3CC[C@H](C(=O)NN)CC3)C1=O)[C@]1(C)O[C@H]1[C@H](C)C1C[C@@](O)(NC(=O)O1)[C@H](OC)/C=C/C=C(\C)C2. The monoisotopic (exact) mass is 975 g/mol. The molecule has 1 aliphatic carbocycles. The number of anilines is 1. The quantitative estimate of drug-likeness (QED) is 0.0405. The van der Waals surface area contributed by atoms with Crippen LogP contribution in [0.1, 0.15) is 91.5 Å². The molecule has 5 amide bonds. The van der Waals surface area contributed by atoms with Gasteiger partial charge in [-0.3, -0.25) is 34.8 Å². The topological polar surface area (TPSA) is 238 Å². The number of likely N-dealkylation sites (tertiary alicyclic amines) is 1. The summed E-state index contributed by atoms with van der Waals surface area (Å²) in [4.78, 5) is 82.2. The van der Waals surface area contributed by atoms with Crippen LogP contribution in [0.4, 0.5) is 10.5 Å². The number of hydrogen-bond donors (Lipinski definition) is 4. The number of allylic oxidation sites excluding steroid dienone is 3. The van der Waals surface area contributed by atoms with Gasteiger partial charge in [0.25, 0.3) is 0 Å². The van der Waals surface area contributed by atoms with Crippen molar-refractivity contribution in [3.05, 3.63) is 46.5 Å². The summed E-state index contributed by atoms with van der Waals surface area (Å²) in [6.45, 7) is 9.03. The molecule has 8 atom stereocenters. The van der Waals surface area contributed by atoms with Crippen molar-refractivity contribution >= 4 is 64.7 Å². The van der Waals surface area contributed by atoms with Crippen LogP contribution < -0.4 is 26.2 Å². The zero-order valence-corrected chi connectivity index (χ0v) is 41.2. The summed E-state index contributed by atoms with van der Waals surface area (Å²) < 4.78 is 35.6. The third-order valence-electron chi connectivity index (χ3n) is 13.8. The van der Waals surface area contributed by atoms with Gasteiger partial charge in [-0.05, 0) is 95.6 Å². The average Bonchev–Trinajstić information content (AvgIpc) is 3.92. The summed E-state index contributed by atoms with van der Waals surface area (Å²) in [5.41, 5.74) is -0.299. The van der Waals surface area contributed by atoms with Crippen LogP contribution in [0.3, 0.4) is 0 Å². The highest BCUT2D eigenvalue weighted by Crippen LogP contribution is 2.49. The van der Waals surface area contributed by atoms with Crippen molar-refractivity contribution in [2.45, 2.75) is 139 Å². The predicted octanol–water partition coefficient (Wildman–Crippen LogP) is 4.51. The zero-order chi connectivity index (χ0) is 49.0. The van der Waals surface area contributed by atoms with Crippen LogP contribution in [0.25, 0.3) is 0 Å². The first-order valence-corrected chi connectivity index (χ1v) is 24.3. The highest BCUT2D eigenvalue weighted by molar-refractivity contribution is 8.00. The lowest BCUT2D eigenvalue weighted by Crippen LogP contribution is -2.63. The van der Waals surface area contributed by atoms with Crippen LogP contribution in [-0.4, -0.2) is 132 Å². The minimum absolute atomic E-state index is 0.0701. The number of hydrazine groups is 1. The number of thioether (sulfide) groups is 1. The van der Waals surface area contributed by atoms with E-state index in [1.807, 2.05) is 13.0 Å². The number of nitrogens with one attached hydrogen (secondary N) is 2. The smallest absolute Gasteiger partial charge is 0.409 e. The molecule has 5 N–H and O–H groups in total. The number of rotatable bonds is 13. The Bertz CT molecular complexity index is 2120. The van der Waals surface area contributed by atoms with E-state index in [9.17, 15) is 33.9 Å². The number of benzene rings is 1. The summed E-state index contributed by atoms with van der Waals surface area (Å²) in [6.07, 6.45) is 4.08. The number of esters is 1. The Labute approximate surface area is 401 Å². The van der Waals surface area contributed by atoms with Gasteiger partial charge in [0.15, 0.2) is 11.3 Å². The number of methoxy groups -OCH3 is 2. The first-order valence-electron chi connectivity index (χ1n) is 22.8. The summed E-state index contributed by atoms with van der Waals surface area (Å²) >= 11 is 8.19. The Morgan fingerprint density at radius 3 is 2.49 bits per heavy atom. The molecule has 4 bridgehead atoms. The number of carbonyl (C=O) groups is 6. The molecule has 6 rings (SSSR count). The number of nitrogens with two attached hydrogens (primary N) is 1. The second kappa shape index (κ2) is 21.6. The normalized spacial score (nSPS) is 32.9. The van der Waals surface area contributed by atoms with Crippen LogP contribution >= 0.6 is 23.4 Å². The standard InChI is InChI=1S/C47H66ClN5O13S/c1-26-11-9-12-35(62-8)47(60)24-33(64-44(59)50-47)27(2)40-46(5,66-40)36(23-37(54)52(6)31-20-29(19-26)21-32(61-7)39(31)48)65-43(58)45(3,4)63-17-10-18-67-34-22-38(55)53(42(34)57)25-28-13-15-30(16-14-28)41(56)51-49/h9,11-12,20-21,27-28,30,33-36,40,60H,10,13-19,22-25,49H2,1-8H3,(H,50,59)(H,51,56)/b12-9+,26-11+/t27-,28-,30-,33?,34?,35-,36+,40+,46+,47+/m1/s1. The largest absolute Gasteiger partial charge is 0.495 e. The van der Waals surface area contributed by atoms with E-state index in [4.69, 9.17) is 45.9 Å². The molecule has 0 spiro atoms. The molecule has 0 radical (unpaired) electrons. The van der Waals surface area contributed by atoms with E-state index in [2.05, 4.69) is 10.7 Å². The fraction of sp³-hybridized carbons (Fsp3) is 0.660. The molecule has 3 saturated heterocycles. The minimum Gasteiger partial charge on any atom is -0.495 e. The lowest BCUT2D eigenvalue weighted by molar-refractivity contribution is -0.177. The Morgan fingerprint density at radius 2 is 1.82 bits per heavy atom. The van der Waals surface area contributed by atoms with Crippen molar-refractivity contribution in [3.8, 4) is 5.75 Å². The van der Waals surface area contributed by atoms with E-state index in [0.29, 0.717) is 49.4 Å². The highest BCUT2D eigenvalue weighted by atomic mass is 35.5. The number of amides is 5. The number of carbonyl (C=O) groups excluding carboxylic acids is 6. The van der Waals surface area contributed by atoms with Gasteiger partial charge >= 0.3 is 12.1 Å². The molecule has 1 aromatic rings. The van der Waals surface area contributed by atoms with Crippen molar-refractivity contribution in [1.29, 1.82) is 0 Å². The van der Waals surface area contributed by atoms with E-state index >= 15 is 0 Å². The van der Waals surface area contributed by atoms with Crippen molar-refractivity contribution in [2.24, 2.45) is 23.6 Å². The highest BCUT2D eigenvalue weighted by Gasteiger charge is 2.65. The molecule has 20 heteroatoms. The molecule has 2 unspecified atom stereocenters. The van der Waals surface area contributed by atoms with Gasteiger partial charge in [-0.1, -0.05) is 42.3 Å². The van der Waals surface area contributed by atoms with Crippen LogP contribution in [0.2, 0.25) is 5.02 Å². The molecule has 1 saturated carbocycles. The molecule has 0 aromatic heterocycles. The molecular weight excluding hydrogens is 910 g/mol. The molecule has 4 heterocycles.